The number of nitrogens with zero attached hydrogens (tertiary/aromatic N) is 2. The molecule has 2 atom stereocenters. The molecule has 0 radical (unpaired) electrons. The van der Waals surface area contributed by atoms with E-state index >= 15 is 0 Å². The maximum Gasteiger partial charge on any atom is 0.336 e. The molecule has 29 heavy (non-hydrogen) atoms. The molecule has 0 fully saturated rings. The maximum atomic E-state index is 13.6. The van der Waals surface area contributed by atoms with Gasteiger partial charge in [0.2, 0.25) is 0 Å². The van der Waals surface area contributed by atoms with Gasteiger partial charge in [0.05, 0.1) is 22.9 Å². The van der Waals surface area contributed by atoms with Crippen LogP contribution in [0.3, 0.4) is 0 Å². The number of benzene rings is 2. The Morgan fingerprint density at radius 2 is 1.86 bits per heavy atom. The van der Waals surface area contributed by atoms with E-state index in [1.165, 1.54) is 18.2 Å². The number of hydrogen-bond donors (Lipinski definition) is 2. The van der Waals surface area contributed by atoms with Gasteiger partial charge in [-0.05, 0) is 43.7 Å². The normalized spacial score (nSPS) is 18.3. The summed E-state index contributed by atoms with van der Waals surface area (Å²) >= 11 is 0. The van der Waals surface area contributed by atoms with Crippen LogP contribution >= 0.6 is 0 Å². The van der Waals surface area contributed by atoms with Crippen molar-refractivity contribution in [2.75, 3.05) is 5.32 Å². The molecule has 0 bridgehead atoms. The summed E-state index contributed by atoms with van der Waals surface area (Å²) < 4.78 is 15.3. The number of aryl methyl sites for hydroxylation is 1. The van der Waals surface area contributed by atoms with Gasteiger partial charge in [-0.25, -0.2) is 14.2 Å². The largest absolute Gasteiger partial charge is 0.478 e. The summed E-state index contributed by atoms with van der Waals surface area (Å²) in [4.78, 5) is 30.0. The first-order valence-corrected chi connectivity index (χ1v) is 9.22. The zero-order chi connectivity index (χ0) is 20.9. The highest BCUT2D eigenvalue weighted by Gasteiger charge is 2.42. The molecule has 2 N–H and O–H groups in total. The third-order valence-corrected chi connectivity index (χ3v) is 5.63. The van der Waals surface area contributed by atoms with Crippen molar-refractivity contribution in [1.82, 2.24) is 9.55 Å². The third-order valence-electron chi connectivity index (χ3n) is 5.63. The van der Waals surface area contributed by atoms with Crippen LogP contribution in [0, 0.1) is 19.7 Å². The lowest BCUT2D eigenvalue weighted by Crippen LogP contribution is -2.34. The number of halogens is 1. The number of carboxylic acid groups (broad SMARTS) is 1. The average molecular weight is 393 g/mol. The van der Waals surface area contributed by atoms with Crippen molar-refractivity contribution in [2.24, 2.45) is 7.05 Å². The van der Waals surface area contributed by atoms with Crippen LogP contribution in [0.25, 0.3) is 0 Å². The van der Waals surface area contributed by atoms with Crippen molar-refractivity contribution in [3.63, 3.8) is 0 Å². The van der Waals surface area contributed by atoms with Gasteiger partial charge in [-0.1, -0.05) is 18.2 Å². The molecule has 0 aliphatic carbocycles. The lowest BCUT2D eigenvalue weighted by Gasteiger charge is -2.34. The van der Waals surface area contributed by atoms with E-state index in [2.05, 4.69) is 10.3 Å². The standard InChI is InChI=1S/C22H20FN3O3/c1-11-12(2)26(3)21(24-11)18-19(13-7-9-14(23)10-8-13)25-16-6-4-5-15(22(28)29)17(16)20(18)27/h4-10,18-19,25H,1-3H3,(H,28,29). The predicted molar refractivity (Wildman–Crippen MR) is 106 cm³/mol. The Morgan fingerprint density at radius 3 is 2.45 bits per heavy atom. The van der Waals surface area contributed by atoms with E-state index in [4.69, 9.17) is 0 Å². The highest BCUT2D eigenvalue weighted by Crippen LogP contribution is 2.43. The first kappa shape index (κ1) is 18.9. The quantitative estimate of drug-likeness (QED) is 0.702. The zero-order valence-corrected chi connectivity index (χ0v) is 16.2. The maximum absolute atomic E-state index is 13.6. The summed E-state index contributed by atoms with van der Waals surface area (Å²) in [6, 6.07) is 10.1. The molecule has 2 heterocycles. The smallest absolute Gasteiger partial charge is 0.336 e. The summed E-state index contributed by atoms with van der Waals surface area (Å²) in [6.45, 7) is 3.78. The van der Waals surface area contributed by atoms with Crippen LogP contribution in [0.1, 0.15) is 55.5 Å². The molecular weight excluding hydrogens is 373 g/mol. The van der Waals surface area contributed by atoms with Crippen molar-refractivity contribution in [3.8, 4) is 0 Å². The molecule has 3 aromatic rings. The van der Waals surface area contributed by atoms with E-state index in [-0.39, 0.29) is 22.7 Å². The Labute approximate surface area is 167 Å². The summed E-state index contributed by atoms with van der Waals surface area (Å²) in [7, 11) is 1.83. The highest BCUT2D eigenvalue weighted by atomic mass is 19.1. The monoisotopic (exact) mass is 393 g/mol. The fraction of sp³-hybridized carbons (Fsp3) is 0.227. The fourth-order valence-corrected chi connectivity index (χ4v) is 3.91. The number of aromatic nitrogens is 2. The highest BCUT2D eigenvalue weighted by molar-refractivity contribution is 6.14. The topological polar surface area (TPSA) is 84.2 Å². The Hall–Kier alpha value is -3.48. The third kappa shape index (κ3) is 2.99. The minimum absolute atomic E-state index is 0.0507. The van der Waals surface area contributed by atoms with E-state index in [9.17, 15) is 19.1 Å². The second kappa shape index (κ2) is 6.84. The van der Waals surface area contributed by atoms with Gasteiger partial charge < -0.3 is 15.0 Å². The summed E-state index contributed by atoms with van der Waals surface area (Å²) in [5.41, 5.74) is 2.97. The van der Waals surface area contributed by atoms with E-state index in [0.717, 1.165) is 17.0 Å². The molecule has 1 aliphatic heterocycles. The number of imidazole rings is 1. The zero-order valence-electron chi connectivity index (χ0n) is 16.2. The van der Waals surface area contributed by atoms with Crippen LogP contribution in [-0.4, -0.2) is 26.4 Å². The van der Waals surface area contributed by atoms with E-state index in [1.807, 2.05) is 25.5 Å². The van der Waals surface area contributed by atoms with Gasteiger partial charge in [-0.3, -0.25) is 4.79 Å². The van der Waals surface area contributed by atoms with E-state index in [0.29, 0.717) is 11.5 Å². The molecule has 148 valence electrons. The number of nitrogens with one attached hydrogen (secondary N) is 1. The van der Waals surface area contributed by atoms with Gasteiger partial charge in [0, 0.05) is 18.4 Å². The molecule has 6 nitrogen and oxygen atoms in total. The summed E-state index contributed by atoms with van der Waals surface area (Å²) in [6.07, 6.45) is 0. The molecule has 1 aromatic heterocycles. The van der Waals surface area contributed by atoms with Crippen molar-refractivity contribution in [1.29, 1.82) is 0 Å². The van der Waals surface area contributed by atoms with Gasteiger partial charge >= 0.3 is 5.97 Å². The number of carbonyl (C=O) groups is 2. The minimum atomic E-state index is -1.16. The number of carbonyl (C=O) groups excluding carboxylic acids is 1. The molecule has 0 saturated heterocycles. The lowest BCUT2D eigenvalue weighted by atomic mass is 9.80. The Kier molecular flexibility index (Phi) is 4.45. The molecule has 2 unspecified atom stereocenters. The molecule has 7 heteroatoms. The van der Waals surface area contributed by atoms with Crippen molar-refractivity contribution in [2.45, 2.75) is 25.8 Å². The second-order valence-corrected chi connectivity index (χ2v) is 7.25. The van der Waals surface area contributed by atoms with Crippen LogP contribution < -0.4 is 5.32 Å². The minimum Gasteiger partial charge on any atom is -0.478 e. The van der Waals surface area contributed by atoms with E-state index in [1.54, 1.807) is 24.3 Å². The van der Waals surface area contributed by atoms with Crippen molar-refractivity contribution < 1.29 is 19.1 Å². The molecule has 2 aromatic carbocycles. The van der Waals surface area contributed by atoms with Crippen LogP contribution in [0.5, 0.6) is 0 Å². The molecule has 0 saturated carbocycles. The Bertz CT molecular complexity index is 1130. The second-order valence-electron chi connectivity index (χ2n) is 7.25. The van der Waals surface area contributed by atoms with E-state index < -0.39 is 17.9 Å². The van der Waals surface area contributed by atoms with Crippen molar-refractivity contribution >= 4 is 17.4 Å². The number of carboxylic acids is 1. The Balaban J connectivity index is 1.95. The number of rotatable bonds is 3. The number of hydrogen-bond acceptors (Lipinski definition) is 4. The van der Waals surface area contributed by atoms with Crippen LogP contribution in [0.4, 0.5) is 10.1 Å². The molecule has 1 aliphatic rings. The number of Topliss-reactive ketones (excluding diaryl/α,β-unsaturated/α-hetero) is 1. The summed E-state index contributed by atoms with van der Waals surface area (Å²) in [5.74, 6) is -2.07. The summed E-state index contributed by atoms with van der Waals surface area (Å²) in [5, 5.41) is 12.9. The van der Waals surface area contributed by atoms with Gasteiger partial charge in [0.1, 0.15) is 17.6 Å². The number of aromatic carboxylic acids is 1. The van der Waals surface area contributed by atoms with Crippen LogP contribution in [-0.2, 0) is 7.05 Å². The molecule has 4 rings (SSSR count). The van der Waals surface area contributed by atoms with Crippen molar-refractivity contribution in [3.05, 3.63) is 82.2 Å². The predicted octanol–water partition coefficient (Wildman–Crippen LogP) is 4.01. The SMILES string of the molecule is Cc1nc(C2C(=O)c3c(cccc3C(=O)O)NC2c2ccc(F)cc2)n(C)c1C. The lowest BCUT2D eigenvalue weighted by molar-refractivity contribution is 0.0690. The van der Waals surface area contributed by atoms with Gasteiger partial charge in [0.25, 0.3) is 0 Å². The fourth-order valence-electron chi connectivity index (χ4n) is 3.91. The van der Waals surface area contributed by atoms with Crippen LogP contribution in [0.15, 0.2) is 42.5 Å². The molecule has 0 spiro atoms. The number of ketones is 1. The first-order chi connectivity index (χ1) is 13.8. The van der Waals surface area contributed by atoms with Gasteiger partial charge in [-0.2, -0.15) is 0 Å². The average Bonchev–Trinajstić information content (AvgIpc) is 2.95. The molecule has 0 amide bonds. The van der Waals surface area contributed by atoms with Crippen LogP contribution in [0.2, 0.25) is 0 Å². The van der Waals surface area contributed by atoms with Gasteiger partial charge in [0.15, 0.2) is 5.78 Å². The van der Waals surface area contributed by atoms with Gasteiger partial charge in [-0.15, -0.1) is 0 Å². The first-order valence-electron chi connectivity index (χ1n) is 9.22. The molecular formula is C22H20FN3O3. The number of fused-ring (bicyclic) bond motifs is 1. The number of anilines is 1. The Morgan fingerprint density at radius 1 is 1.17 bits per heavy atom.